The van der Waals surface area contributed by atoms with Crippen molar-refractivity contribution in [3.8, 4) is 21.9 Å². The maximum Gasteiger partial charge on any atom is 0.254 e. The second kappa shape index (κ2) is 6.59. The number of amides is 1. The lowest BCUT2D eigenvalue weighted by molar-refractivity contribution is -0.151. The highest BCUT2D eigenvalue weighted by molar-refractivity contribution is 7.15. The van der Waals surface area contributed by atoms with E-state index in [1.807, 2.05) is 13.0 Å². The fourth-order valence-corrected chi connectivity index (χ4v) is 4.54. The summed E-state index contributed by atoms with van der Waals surface area (Å²) in [6, 6.07) is 7.87. The van der Waals surface area contributed by atoms with Gasteiger partial charge in [-0.25, -0.2) is 0 Å². The number of thiophene rings is 1. The topological polar surface area (TPSA) is 59.0 Å². The molecule has 5 nitrogen and oxygen atoms in total. The number of benzene rings is 1. The minimum Gasteiger partial charge on any atom is -0.504 e. The lowest BCUT2D eigenvalue weighted by Gasteiger charge is -2.30. The Balaban J connectivity index is 1.66. The van der Waals surface area contributed by atoms with Crippen molar-refractivity contribution in [1.82, 2.24) is 4.90 Å². The van der Waals surface area contributed by atoms with Crippen molar-refractivity contribution in [2.75, 3.05) is 19.8 Å². The van der Waals surface area contributed by atoms with Crippen LogP contribution in [0.3, 0.4) is 0 Å². The van der Waals surface area contributed by atoms with Crippen LogP contribution < -0.4 is 4.74 Å². The van der Waals surface area contributed by atoms with Gasteiger partial charge in [0.05, 0.1) is 6.54 Å². The number of carbonyl (C=O) groups excluding carboxylic acids is 1. The highest BCUT2D eigenvalue weighted by Crippen LogP contribution is 2.40. The van der Waals surface area contributed by atoms with Crippen LogP contribution in [0.2, 0.25) is 0 Å². The summed E-state index contributed by atoms with van der Waals surface area (Å²) in [5.41, 5.74) is 1.04. The molecule has 1 aromatic heterocycles. The second-order valence-electron chi connectivity index (χ2n) is 7.15. The van der Waals surface area contributed by atoms with E-state index in [0.29, 0.717) is 32.1 Å². The fraction of sp³-hybridized carbons (Fsp3) is 0.450. The van der Waals surface area contributed by atoms with E-state index in [9.17, 15) is 9.90 Å². The van der Waals surface area contributed by atoms with Gasteiger partial charge in [-0.2, -0.15) is 0 Å². The van der Waals surface area contributed by atoms with Crippen LogP contribution in [0.25, 0.3) is 10.4 Å². The zero-order valence-electron chi connectivity index (χ0n) is 15.1. The Morgan fingerprint density at radius 3 is 2.85 bits per heavy atom. The first-order valence-electron chi connectivity index (χ1n) is 8.95. The van der Waals surface area contributed by atoms with Crippen LogP contribution in [0.1, 0.15) is 30.2 Å². The molecule has 1 atom stereocenters. The van der Waals surface area contributed by atoms with Crippen molar-refractivity contribution in [3.63, 3.8) is 0 Å². The van der Waals surface area contributed by atoms with E-state index in [4.69, 9.17) is 9.47 Å². The average Bonchev–Trinajstić information content (AvgIpc) is 3.18. The molecule has 1 saturated heterocycles. The smallest absolute Gasteiger partial charge is 0.254 e. The number of carbonyl (C=O) groups is 1. The molecule has 0 bridgehead atoms. The molecule has 138 valence electrons. The maximum atomic E-state index is 13.0. The number of ether oxygens (including phenoxy) is 2. The monoisotopic (exact) mass is 373 g/mol. The summed E-state index contributed by atoms with van der Waals surface area (Å²) in [6.45, 7) is 5.82. The first-order chi connectivity index (χ1) is 12.5. The number of phenols is 1. The zero-order valence-corrected chi connectivity index (χ0v) is 15.9. The molecule has 1 amide bonds. The van der Waals surface area contributed by atoms with Crippen LogP contribution in [-0.4, -0.2) is 41.3 Å². The third-order valence-electron chi connectivity index (χ3n) is 5.10. The van der Waals surface area contributed by atoms with Crippen molar-refractivity contribution in [3.05, 3.63) is 34.7 Å². The summed E-state index contributed by atoms with van der Waals surface area (Å²) >= 11 is 1.68. The summed E-state index contributed by atoms with van der Waals surface area (Å²) < 4.78 is 11.5. The summed E-state index contributed by atoms with van der Waals surface area (Å²) in [5, 5.41) is 10.5. The Hall–Kier alpha value is -2.05. The standard InChI is InChI=1S/C20H23NO4S/c1-13-4-5-17(26-13)14-10-15-12-21(7-9-24-18(15)16(22)11-14)19(23)20(2)6-3-8-25-20/h4-5,10-11,22H,3,6-9,12H2,1-2H3. The molecular formula is C20H23NO4S. The molecule has 2 aliphatic rings. The molecular weight excluding hydrogens is 350 g/mol. The minimum absolute atomic E-state index is 0.00307. The molecule has 1 unspecified atom stereocenters. The minimum atomic E-state index is -0.741. The van der Waals surface area contributed by atoms with Gasteiger partial charge in [-0.15, -0.1) is 11.3 Å². The summed E-state index contributed by atoms with van der Waals surface area (Å²) in [4.78, 5) is 17.1. The van der Waals surface area contributed by atoms with Gasteiger partial charge >= 0.3 is 0 Å². The van der Waals surface area contributed by atoms with Gasteiger partial charge in [0.15, 0.2) is 11.5 Å². The number of phenolic OH excluding ortho intramolecular Hbond substituents is 1. The van der Waals surface area contributed by atoms with Crippen LogP contribution in [0.5, 0.6) is 11.5 Å². The molecule has 2 aliphatic heterocycles. The Morgan fingerprint density at radius 1 is 1.31 bits per heavy atom. The summed E-state index contributed by atoms with van der Waals surface area (Å²) in [7, 11) is 0. The van der Waals surface area contributed by atoms with Gasteiger partial charge in [0.2, 0.25) is 0 Å². The van der Waals surface area contributed by atoms with Crippen molar-refractivity contribution in [2.45, 2.75) is 38.8 Å². The van der Waals surface area contributed by atoms with Crippen molar-refractivity contribution < 1.29 is 19.4 Å². The number of fused-ring (bicyclic) bond motifs is 1. The Labute approximate surface area is 157 Å². The first-order valence-corrected chi connectivity index (χ1v) is 9.77. The number of aromatic hydroxyl groups is 1. The molecule has 6 heteroatoms. The molecule has 1 aromatic carbocycles. The van der Waals surface area contributed by atoms with Crippen LogP contribution in [0.4, 0.5) is 0 Å². The first kappa shape index (κ1) is 17.4. The van der Waals surface area contributed by atoms with Gasteiger partial charge in [-0.3, -0.25) is 4.79 Å². The molecule has 2 aromatic rings. The molecule has 3 heterocycles. The van der Waals surface area contributed by atoms with Crippen molar-refractivity contribution >= 4 is 17.2 Å². The lowest BCUT2D eigenvalue weighted by atomic mass is 10.00. The number of hydrogen-bond donors (Lipinski definition) is 1. The normalized spacial score (nSPS) is 22.6. The number of hydrogen-bond acceptors (Lipinski definition) is 5. The molecule has 0 spiro atoms. The second-order valence-corrected chi connectivity index (χ2v) is 8.44. The molecule has 0 saturated carbocycles. The predicted octanol–water partition coefficient (Wildman–Crippen LogP) is 3.72. The van der Waals surface area contributed by atoms with Gasteiger partial charge in [-0.05, 0) is 56.5 Å². The van der Waals surface area contributed by atoms with E-state index in [-0.39, 0.29) is 11.7 Å². The lowest BCUT2D eigenvalue weighted by Crippen LogP contribution is -2.47. The van der Waals surface area contributed by atoms with Gasteiger partial charge in [-0.1, -0.05) is 0 Å². The van der Waals surface area contributed by atoms with E-state index in [0.717, 1.165) is 28.8 Å². The third-order valence-corrected chi connectivity index (χ3v) is 6.15. The van der Waals surface area contributed by atoms with Crippen LogP contribution in [0, 0.1) is 6.92 Å². The highest BCUT2D eigenvalue weighted by Gasteiger charge is 2.41. The van der Waals surface area contributed by atoms with E-state index in [2.05, 4.69) is 19.1 Å². The van der Waals surface area contributed by atoms with Gasteiger partial charge in [0.1, 0.15) is 12.2 Å². The largest absolute Gasteiger partial charge is 0.504 e. The van der Waals surface area contributed by atoms with E-state index >= 15 is 0 Å². The maximum absolute atomic E-state index is 13.0. The summed E-state index contributed by atoms with van der Waals surface area (Å²) in [5.74, 6) is 0.610. The van der Waals surface area contributed by atoms with E-state index in [1.165, 1.54) is 4.88 Å². The molecule has 26 heavy (non-hydrogen) atoms. The Bertz CT molecular complexity index is 838. The fourth-order valence-electron chi connectivity index (χ4n) is 3.69. The number of rotatable bonds is 2. The van der Waals surface area contributed by atoms with Crippen LogP contribution in [-0.2, 0) is 16.1 Å². The SMILES string of the molecule is Cc1ccc(-c2cc(O)c3c(c2)CN(C(=O)C2(C)CCCO2)CCO3)s1. The van der Waals surface area contributed by atoms with Gasteiger partial charge < -0.3 is 19.5 Å². The van der Waals surface area contributed by atoms with Crippen molar-refractivity contribution in [2.24, 2.45) is 0 Å². The molecule has 0 aliphatic carbocycles. The zero-order chi connectivity index (χ0) is 18.3. The Morgan fingerprint density at radius 2 is 2.15 bits per heavy atom. The molecule has 0 radical (unpaired) electrons. The van der Waals surface area contributed by atoms with E-state index in [1.54, 1.807) is 22.3 Å². The third kappa shape index (κ3) is 3.08. The number of aryl methyl sites for hydroxylation is 1. The van der Waals surface area contributed by atoms with Crippen LogP contribution >= 0.6 is 11.3 Å². The molecule has 1 fully saturated rings. The van der Waals surface area contributed by atoms with Crippen molar-refractivity contribution in [1.29, 1.82) is 0 Å². The van der Waals surface area contributed by atoms with Gasteiger partial charge in [0, 0.05) is 28.5 Å². The quantitative estimate of drug-likeness (QED) is 0.872. The average molecular weight is 373 g/mol. The molecule has 1 N–H and O–H groups in total. The van der Waals surface area contributed by atoms with Gasteiger partial charge in [0.25, 0.3) is 5.91 Å². The molecule has 4 rings (SSSR count). The highest BCUT2D eigenvalue weighted by atomic mass is 32.1. The number of nitrogens with zero attached hydrogens (tertiary/aromatic N) is 1. The van der Waals surface area contributed by atoms with Crippen LogP contribution in [0.15, 0.2) is 24.3 Å². The summed E-state index contributed by atoms with van der Waals surface area (Å²) in [6.07, 6.45) is 1.65. The Kier molecular flexibility index (Phi) is 4.40. The van der Waals surface area contributed by atoms with E-state index < -0.39 is 5.60 Å². The predicted molar refractivity (Wildman–Crippen MR) is 101 cm³/mol.